The Labute approximate surface area is 89.1 Å². The average Bonchev–Trinajstić information content (AvgIpc) is 2.72. The fourth-order valence-electron chi connectivity index (χ4n) is 0.896. The number of hydrogen-bond acceptors (Lipinski definition) is 6. The molecule has 74 valence electrons. The molecule has 0 fully saturated rings. The van der Waals surface area contributed by atoms with Crippen molar-refractivity contribution in [3.8, 4) is 0 Å². The van der Waals surface area contributed by atoms with Gasteiger partial charge in [-0.05, 0) is 0 Å². The molecule has 1 N–H and O–H groups in total. The Morgan fingerprint density at radius 3 is 3.00 bits per heavy atom. The molecule has 0 amide bonds. The van der Waals surface area contributed by atoms with Crippen LogP contribution in [-0.2, 0) is 6.54 Å². The average molecular weight is 231 g/mol. The summed E-state index contributed by atoms with van der Waals surface area (Å²) >= 11 is 7.08. The van der Waals surface area contributed by atoms with Gasteiger partial charge in [0.2, 0.25) is 11.8 Å². The van der Waals surface area contributed by atoms with Gasteiger partial charge in [-0.3, -0.25) is 0 Å². The molecule has 0 saturated heterocycles. The van der Waals surface area contributed by atoms with Crippen LogP contribution in [0.2, 0.25) is 4.34 Å². The van der Waals surface area contributed by atoms with Crippen molar-refractivity contribution in [3.05, 3.63) is 22.3 Å². The Morgan fingerprint density at radius 1 is 1.57 bits per heavy atom. The minimum atomic E-state index is 0.463. The van der Waals surface area contributed by atoms with Crippen LogP contribution < -0.4 is 5.32 Å². The summed E-state index contributed by atoms with van der Waals surface area (Å²) in [6.45, 7) is 2.21. The molecule has 0 radical (unpaired) electrons. The number of rotatable bonds is 3. The molecule has 2 aromatic rings. The van der Waals surface area contributed by atoms with E-state index in [1.165, 1.54) is 11.3 Å². The molecule has 0 bridgehead atoms. The van der Waals surface area contributed by atoms with Gasteiger partial charge in [0.25, 0.3) is 0 Å². The summed E-state index contributed by atoms with van der Waals surface area (Å²) in [5.41, 5.74) is 0. The lowest BCUT2D eigenvalue weighted by molar-refractivity contribution is 0.475. The first-order valence-electron chi connectivity index (χ1n) is 3.88. The highest BCUT2D eigenvalue weighted by Crippen LogP contribution is 2.22. The Balaban J connectivity index is 1.94. The molecule has 14 heavy (non-hydrogen) atoms. The maximum Gasteiger partial charge on any atom is 0.235 e. The monoisotopic (exact) mass is 230 g/mol. The molecule has 0 saturated carbocycles. The lowest BCUT2D eigenvalue weighted by atomic mass is 10.6. The Hall–Kier alpha value is -1.14. The highest BCUT2D eigenvalue weighted by molar-refractivity contribution is 7.19. The number of halogens is 1. The molecule has 2 aromatic heterocycles. The van der Waals surface area contributed by atoms with Gasteiger partial charge in [-0.15, -0.1) is 10.2 Å². The molecular weight excluding hydrogens is 224 g/mol. The van der Waals surface area contributed by atoms with Gasteiger partial charge < -0.3 is 9.73 Å². The van der Waals surface area contributed by atoms with Crippen molar-refractivity contribution in [2.24, 2.45) is 0 Å². The summed E-state index contributed by atoms with van der Waals surface area (Å²) in [5.74, 6) is 1.09. The van der Waals surface area contributed by atoms with E-state index in [9.17, 15) is 0 Å². The molecule has 7 heteroatoms. The molecule has 0 spiro atoms. The third-order valence-electron chi connectivity index (χ3n) is 1.44. The Morgan fingerprint density at radius 2 is 2.43 bits per heavy atom. The largest absolute Gasteiger partial charge is 0.424 e. The van der Waals surface area contributed by atoms with Crippen molar-refractivity contribution in [1.29, 1.82) is 0 Å². The first-order valence-corrected chi connectivity index (χ1v) is 5.07. The van der Waals surface area contributed by atoms with E-state index in [1.54, 1.807) is 13.1 Å². The summed E-state index contributed by atoms with van der Waals surface area (Å²) in [4.78, 5) is 4.02. The number of thiazole rings is 1. The van der Waals surface area contributed by atoms with Crippen LogP contribution in [0.3, 0.4) is 0 Å². The molecule has 2 rings (SSSR count). The zero-order valence-corrected chi connectivity index (χ0v) is 8.89. The van der Waals surface area contributed by atoms with Gasteiger partial charge in [-0.1, -0.05) is 22.9 Å². The fraction of sp³-hybridized carbons (Fsp3) is 0.286. The lowest BCUT2D eigenvalue weighted by Gasteiger charge is -1.95. The summed E-state index contributed by atoms with van der Waals surface area (Å²) in [5, 5.41) is 11.3. The molecule has 5 nitrogen and oxygen atoms in total. The molecule has 0 aliphatic carbocycles. The van der Waals surface area contributed by atoms with Crippen molar-refractivity contribution >= 4 is 28.1 Å². The topological polar surface area (TPSA) is 63.8 Å². The molecule has 0 aromatic carbocycles. The maximum atomic E-state index is 5.71. The molecule has 0 unspecified atom stereocenters. The van der Waals surface area contributed by atoms with Gasteiger partial charge in [0.05, 0.1) is 12.7 Å². The Kier molecular flexibility index (Phi) is 2.64. The number of nitrogens with one attached hydrogen (secondary N) is 1. The zero-order chi connectivity index (χ0) is 9.97. The van der Waals surface area contributed by atoms with Gasteiger partial charge in [-0.2, -0.15) is 0 Å². The van der Waals surface area contributed by atoms with Gasteiger partial charge in [0.15, 0.2) is 5.13 Å². The van der Waals surface area contributed by atoms with Gasteiger partial charge >= 0.3 is 0 Å². The van der Waals surface area contributed by atoms with E-state index in [1.807, 2.05) is 0 Å². The molecular formula is C7H7ClN4OS. The summed E-state index contributed by atoms with van der Waals surface area (Å²) in [6.07, 6.45) is 1.59. The van der Waals surface area contributed by atoms with Crippen LogP contribution in [0.25, 0.3) is 0 Å². The predicted molar refractivity (Wildman–Crippen MR) is 53.5 cm³/mol. The maximum absolute atomic E-state index is 5.71. The second-order valence-corrected chi connectivity index (χ2v) is 4.20. The van der Waals surface area contributed by atoms with Crippen molar-refractivity contribution < 1.29 is 4.42 Å². The van der Waals surface area contributed by atoms with E-state index in [0.717, 1.165) is 5.13 Å². The standard InChI is InChI=1S/C7H7ClN4OS/c1-4-11-12-6(13-4)3-10-7-9-2-5(8)14-7/h2H,3H2,1H3,(H,9,10). The second kappa shape index (κ2) is 3.93. The number of nitrogens with zero attached hydrogens (tertiary/aromatic N) is 3. The van der Waals surface area contributed by atoms with E-state index < -0.39 is 0 Å². The smallest absolute Gasteiger partial charge is 0.235 e. The van der Waals surface area contributed by atoms with Crippen LogP contribution in [0.1, 0.15) is 11.8 Å². The lowest BCUT2D eigenvalue weighted by Crippen LogP contribution is -1.98. The quantitative estimate of drug-likeness (QED) is 0.875. The number of anilines is 1. The predicted octanol–water partition coefficient (Wildman–Crippen LogP) is 2.10. The molecule has 0 atom stereocenters. The first kappa shape index (κ1) is 9.42. The van der Waals surface area contributed by atoms with E-state index in [-0.39, 0.29) is 0 Å². The second-order valence-electron chi connectivity index (χ2n) is 2.54. The van der Waals surface area contributed by atoms with Crippen LogP contribution in [0.4, 0.5) is 5.13 Å². The summed E-state index contributed by atoms with van der Waals surface area (Å²) < 4.78 is 5.82. The van der Waals surface area contributed by atoms with E-state index in [4.69, 9.17) is 16.0 Å². The minimum absolute atomic E-state index is 0.463. The Bertz CT molecular complexity index is 387. The van der Waals surface area contributed by atoms with Crippen molar-refractivity contribution in [3.63, 3.8) is 0 Å². The fourth-order valence-corrected chi connectivity index (χ4v) is 1.70. The normalized spacial score (nSPS) is 10.4. The number of aromatic nitrogens is 3. The van der Waals surface area contributed by atoms with Crippen LogP contribution in [0.15, 0.2) is 10.6 Å². The van der Waals surface area contributed by atoms with Crippen molar-refractivity contribution in [1.82, 2.24) is 15.2 Å². The first-order chi connectivity index (χ1) is 6.74. The summed E-state index contributed by atoms with van der Waals surface area (Å²) in [6, 6.07) is 0. The highest BCUT2D eigenvalue weighted by Gasteiger charge is 2.03. The molecule has 0 aliphatic rings. The van der Waals surface area contributed by atoms with Gasteiger partial charge in [-0.25, -0.2) is 4.98 Å². The van der Waals surface area contributed by atoms with E-state index >= 15 is 0 Å². The zero-order valence-electron chi connectivity index (χ0n) is 7.32. The SMILES string of the molecule is Cc1nnc(CNc2ncc(Cl)s2)o1. The number of aryl methyl sites for hydroxylation is 1. The van der Waals surface area contributed by atoms with E-state index in [0.29, 0.717) is 22.7 Å². The molecule has 2 heterocycles. The van der Waals surface area contributed by atoms with Crippen LogP contribution in [-0.4, -0.2) is 15.2 Å². The third kappa shape index (κ3) is 2.21. The van der Waals surface area contributed by atoms with Gasteiger partial charge in [0, 0.05) is 6.92 Å². The highest BCUT2D eigenvalue weighted by atomic mass is 35.5. The van der Waals surface area contributed by atoms with Crippen LogP contribution >= 0.6 is 22.9 Å². The minimum Gasteiger partial charge on any atom is -0.424 e. The third-order valence-corrected chi connectivity index (χ3v) is 2.51. The van der Waals surface area contributed by atoms with Gasteiger partial charge in [0.1, 0.15) is 4.34 Å². The van der Waals surface area contributed by atoms with Crippen LogP contribution in [0.5, 0.6) is 0 Å². The molecule has 0 aliphatic heterocycles. The number of hydrogen-bond donors (Lipinski definition) is 1. The summed E-state index contributed by atoms with van der Waals surface area (Å²) in [7, 11) is 0. The van der Waals surface area contributed by atoms with Crippen molar-refractivity contribution in [2.75, 3.05) is 5.32 Å². The van der Waals surface area contributed by atoms with E-state index in [2.05, 4.69) is 20.5 Å². The van der Waals surface area contributed by atoms with Crippen LogP contribution in [0, 0.1) is 6.92 Å². The van der Waals surface area contributed by atoms with Crippen molar-refractivity contribution in [2.45, 2.75) is 13.5 Å².